The van der Waals surface area contributed by atoms with Crippen LogP contribution < -0.4 is 5.32 Å². The van der Waals surface area contributed by atoms with E-state index < -0.39 is 0 Å². The Bertz CT molecular complexity index is 251. The van der Waals surface area contributed by atoms with E-state index in [4.69, 9.17) is 0 Å². The predicted octanol–water partition coefficient (Wildman–Crippen LogP) is 2.17. The van der Waals surface area contributed by atoms with Crippen LogP contribution in [0.25, 0.3) is 0 Å². The Balaban J connectivity index is 1.74. The van der Waals surface area contributed by atoms with Gasteiger partial charge >= 0.3 is 0 Å². The maximum atomic E-state index is 12.1. The first-order chi connectivity index (χ1) is 8.15. The van der Waals surface area contributed by atoms with E-state index in [1.165, 1.54) is 25.7 Å². The minimum absolute atomic E-state index is 0.372. The summed E-state index contributed by atoms with van der Waals surface area (Å²) in [5.74, 6) is 1.20. The summed E-state index contributed by atoms with van der Waals surface area (Å²) in [5, 5.41) is 3.47. The molecule has 0 aromatic rings. The van der Waals surface area contributed by atoms with E-state index in [9.17, 15) is 4.79 Å². The lowest BCUT2D eigenvalue weighted by atomic mass is 10.0. The molecule has 17 heavy (non-hydrogen) atoms. The molecule has 0 radical (unpaired) electrons. The average molecular weight is 238 g/mol. The van der Waals surface area contributed by atoms with Crippen LogP contribution in [0.15, 0.2) is 0 Å². The van der Waals surface area contributed by atoms with Gasteiger partial charge in [0.15, 0.2) is 0 Å². The molecule has 2 rings (SSSR count). The van der Waals surface area contributed by atoms with Gasteiger partial charge in [0.25, 0.3) is 0 Å². The Kier molecular flexibility index (Phi) is 4.43. The van der Waals surface area contributed by atoms with Gasteiger partial charge in [0.05, 0.1) is 0 Å². The third kappa shape index (κ3) is 3.70. The number of piperazine rings is 1. The van der Waals surface area contributed by atoms with Gasteiger partial charge in [-0.1, -0.05) is 25.7 Å². The minimum Gasteiger partial charge on any atom is -0.340 e. The molecule has 1 saturated carbocycles. The van der Waals surface area contributed by atoms with Crippen molar-refractivity contribution < 1.29 is 4.79 Å². The zero-order chi connectivity index (χ0) is 12.3. The van der Waals surface area contributed by atoms with Gasteiger partial charge in [0.1, 0.15) is 0 Å². The minimum atomic E-state index is 0.372. The van der Waals surface area contributed by atoms with E-state index in [2.05, 4.69) is 24.1 Å². The number of nitrogens with zero attached hydrogens (tertiary/aromatic N) is 1. The van der Waals surface area contributed by atoms with Crippen LogP contribution in [0.2, 0.25) is 0 Å². The summed E-state index contributed by atoms with van der Waals surface area (Å²) >= 11 is 0. The quantitative estimate of drug-likeness (QED) is 0.817. The van der Waals surface area contributed by atoms with Crippen molar-refractivity contribution in [1.82, 2.24) is 10.2 Å². The van der Waals surface area contributed by atoms with Crippen LogP contribution >= 0.6 is 0 Å². The van der Waals surface area contributed by atoms with Crippen LogP contribution in [0.5, 0.6) is 0 Å². The molecule has 1 aliphatic carbocycles. The SMILES string of the molecule is CC1CN(C(=O)CCC2CCCC2)CC(C)N1. The van der Waals surface area contributed by atoms with Gasteiger partial charge in [-0.05, 0) is 26.2 Å². The first-order valence-electron chi connectivity index (χ1n) is 7.19. The largest absolute Gasteiger partial charge is 0.340 e. The maximum absolute atomic E-state index is 12.1. The molecule has 1 aliphatic heterocycles. The lowest BCUT2D eigenvalue weighted by Gasteiger charge is -2.36. The van der Waals surface area contributed by atoms with Crippen molar-refractivity contribution >= 4 is 5.91 Å². The molecular formula is C14H26N2O. The molecule has 1 heterocycles. The number of hydrogen-bond acceptors (Lipinski definition) is 2. The molecule has 2 fully saturated rings. The lowest BCUT2D eigenvalue weighted by molar-refractivity contribution is -0.133. The van der Waals surface area contributed by atoms with E-state index >= 15 is 0 Å². The molecule has 98 valence electrons. The highest BCUT2D eigenvalue weighted by molar-refractivity contribution is 5.76. The van der Waals surface area contributed by atoms with Crippen LogP contribution in [0.1, 0.15) is 52.4 Å². The zero-order valence-electron chi connectivity index (χ0n) is 11.2. The van der Waals surface area contributed by atoms with Gasteiger partial charge in [-0.15, -0.1) is 0 Å². The Labute approximate surface area is 105 Å². The first kappa shape index (κ1) is 12.9. The highest BCUT2D eigenvalue weighted by Gasteiger charge is 2.25. The Hall–Kier alpha value is -0.570. The summed E-state index contributed by atoms with van der Waals surface area (Å²) in [6, 6.07) is 0.878. The molecule has 0 bridgehead atoms. The van der Waals surface area contributed by atoms with Gasteiger partial charge in [0, 0.05) is 31.6 Å². The molecule has 0 aromatic heterocycles. The molecule has 0 aromatic carbocycles. The molecule has 2 unspecified atom stereocenters. The van der Waals surface area contributed by atoms with Crippen molar-refractivity contribution in [2.24, 2.45) is 5.92 Å². The van der Waals surface area contributed by atoms with Crippen LogP contribution in [-0.4, -0.2) is 36.0 Å². The van der Waals surface area contributed by atoms with Gasteiger partial charge < -0.3 is 10.2 Å². The number of nitrogens with one attached hydrogen (secondary N) is 1. The highest BCUT2D eigenvalue weighted by Crippen LogP contribution is 2.28. The van der Waals surface area contributed by atoms with Crippen LogP contribution in [0.3, 0.4) is 0 Å². The Morgan fingerprint density at radius 3 is 2.35 bits per heavy atom. The summed E-state index contributed by atoms with van der Waals surface area (Å²) < 4.78 is 0. The number of rotatable bonds is 3. The Morgan fingerprint density at radius 1 is 1.18 bits per heavy atom. The fraction of sp³-hybridized carbons (Fsp3) is 0.929. The van der Waals surface area contributed by atoms with Gasteiger partial charge in [0.2, 0.25) is 5.91 Å². The second-order valence-electron chi connectivity index (χ2n) is 5.96. The Morgan fingerprint density at radius 2 is 1.76 bits per heavy atom. The number of amides is 1. The molecule has 3 heteroatoms. The molecule has 1 amide bonds. The topological polar surface area (TPSA) is 32.3 Å². The first-order valence-corrected chi connectivity index (χ1v) is 7.19. The fourth-order valence-corrected chi connectivity index (χ4v) is 3.32. The lowest BCUT2D eigenvalue weighted by Crippen LogP contribution is -2.55. The molecule has 0 spiro atoms. The third-order valence-corrected chi connectivity index (χ3v) is 4.15. The van der Waals surface area contributed by atoms with Crippen LogP contribution in [0, 0.1) is 5.92 Å². The van der Waals surface area contributed by atoms with Gasteiger partial charge in [-0.25, -0.2) is 0 Å². The van der Waals surface area contributed by atoms with Crippen LogP contribution in [0.4, 0.5) is 0 Å². The molecular weight excluding hydrogens is 212 g/mol. The monoisotopic (exact) mass is 238 g/mol. The second-order valence-corrected chi connectivity index (χ2v) is 5.96. The molecule has 1 saturated heterocycles. The van der Waals surface area contributed by atoms with Crippen molar-refractivity contribution in [3.63, 3.8) is 0 Å². The van der Waals surface area contributed by atoms with Crippen molar-refractivity contribution in [2.75, 3.05) is 13.1 Å². The van der Waals surface area contributed by atoms with Gasteiger partial charge in [-0.3, -0.25) is 4.79 Å². The summed E-state index contributed by atoms with van der Waals surface area (Å²) in [6.45, 7) is 6.08. The summed E-state index contributed by atoms with van der Waals surface area (Å²) in [7, 11) is 0. The average Bonchev–Trinajstić information content (AvgIpc) is 2.77. The van der Waals surface area contributed by atoms with Gasteiger partial charge in [-0.2, -0.15) is 0 Å². The van der Waals surface area contributed by atoms with Crippen molar-refractivity contribution in [3.05, 3.63) is 0 Å². The zero-order valence-corrected chi connectivity index (χ0v) is 11.2. The van der Waals surface area contributed by atoms with E-state index in [-0.39, 0.29) is 0 Å². The number of hydrogen-bond donors (Lipinski definition) is 1. The summed E-state index contributed by atoms with van der Waals surface area (Å²) in [5.41, 5.74) is 0. The molecule has 1 N–H and O–H groups in total. The highest BCUT2D eigenvalue weighted by atomic mass is 16.2. The van der Waals surface area contributed by atoms with E-state index in [0.717, 1.165) is 31.8 Å². The van der Waals surface area contributed by atoms with Crippen molar-refractivity contribution in [1.29, 1.82) is 0 Å². The van der Waals surface area contributed by atoms with E-state index in [0.29, 0.717) is 18.0 Å². The van der Waals surface area contributed by atoms with Crippen molar-refractivity contribution in [2.45, 2.75) is 64.5 Å². The van der Waals surface area contributed by atoms with E-state index in [1.807, 2.05) is 0 Å². The second kappa shape index (κ2) is 5.85. The number of carbonyl (C=O) groups is 1. The number of carbonyl (C=O) groups excluding carboxylic acids is 1. The van der Waals surface area contributed by atoms with Crippen LogP contribution in [-0.2, 0) is 4.79 Å². The maximum Gasteiger partial charge on any atom is 0.222 e. The third-order valence-electron chi connectivity index (χ3n) is 4.15. The molecule has 2 aliphatic rings. The molecule has 3 nitrogen and oxygen atoms in total. The summed E-state index contributed by atoms with van der Waals surface area (Å²) in [6.07, 6.45) is 7.33. The molecule has 2 atom stereocenters. The smallest absolute Gasteiger partial charge is 0.222 e. The normalized spacial score (nSPS) is 30.8. The predicted molar refractivity (Wildman–Crippen MR) is 69.8 cm³/mol. The standard InChI is InChI=1S/C14H26N2O/c1-11-9-16(10-12(2)15-11)14(17)8-7-13-5-3-4-6-13/h11-13,15H,3-10H2,1-2H3. The summed E-state index contributed by atoms with van der Waals surface area (Å²) in [4.78, 5) is 14.2. The van der Waals surface area contributed by atoms with E-state index in [1.54, 1.807) is 0 Å². The van der Waals surface area contributed by atoms with Crippen molar-refractivity contribution in [3.8, 4) is 0 Å². The fourth-order valence-electron chi connectivity index (χ4n) is 3.32.